The maximum Gasteiger partial charge on any atom is 0.342 e. The quantitative estimate of drug-likeness (QED) is 0.147. The molecule has 0 aromatic carbocycles. The van der Waals surface area contributed by atoms with Gasteiger partial charge in [0, 0.05) is 6.20 Å². The fourth-order valence-corrected chi connectivity index (χ4v) is 6.44. The smallest absolute Gasteiger partial charge is 0.342 e. The van der Waals surface area contributed by atoms with E-state index in [1.54, 1.807) is 45.9 Å². The number of nitrogens with two attached hydrogens (primary N) is 1. The van der Waals surface area contributed by atoms with Gasteiger partial charge in [0.05, 0.1) is 43.0 Å². The molecule has 1 fully saturated rings. The first-order chi connectivity index (χ1) is 22.0. The van der Waals surface area contributed by atoms with Gasteiger partial charge in [-0.1, -0.05) is 27.7 Å². The molecule has 0 amide bonds. The van der Waals surface area contributed by atoms with Gasteiger partial charge in [-0.3, -0.25) is 23.7 Å². The van der Waals surface area contributed by atoms with Gasteiger partial charge in [0.1, 0.15) is 30.9 Å². The van der Waals surface area contributed by atoms with E-state index in [0.29, 0.717) is 11.2 Å². The summed E-state index contributed by atoms with van der Waals surface area (Å²) in [4.78, 5) is 50.5. The van der Waals surface area contributed by atoms with Crippen LogP contribution in [0.2, 0.25) is 0 Å². The highest BCUT2D eigenvalue weighted by atomic mass is 31.2. The number of aromatic nitrogens is 2. The van der Waals surface area contributed by atoms with Crippen LogP contribution in [0.5, 0.6) is 0 Å². The minimum Gasteiger partial charge on any atom is -0.468 e. The molecule has 2 aromatic rings. The van der Waals surface area contributed by atoms with E-state index < -0.39 is 86.0 Å². The molecule has 1 aliphatic rings. The Labute approximate surface area is 271 Å². The molecule has 0 radical (unpaired) electrons. The molecule has 0 bridgehead atoms. The molecule has 47 heavy (non-hydrogen) atoms. The molecule has 2 aromatic heterocycles. The van der Waals surface area contributed by atoms with Crippen LogP contribution in [0.25, 0.3) is 5.52 Å². The maximum atomic E-state index is 14.2. The summed E-state index contributed by atoms with van der Waals surface area (Å²) in [6, 6.07) is 4.34. The van der Waals surface area contributed by atoms with Gasteiger partial charge in [-0.25, -0.2) is 14.7 Å². The van der Waals surface area contributed by atoms with Crippen molar-refractivity contribution in [2.45, 2.75) is 77.5 Å². The number of hydrogen-bond donors (Lipinski definition) is 3. The van der Waals surface area contributed by atoms with Gasteiger partial charge in [-0.2, -0.15) is 10.4 Å². The van der Waals surface area contributed by atoms with Gasteiger partial charge in [-0.15, -0.1) is 0 Å². The number of nitrogens with one attached hydrogen (secondary N) is 2. The fourth-order valence-electron chi connectivity index (χ4n) is 4.61. The van der Waals surface area contributed by atoms with E-state index in [2.05, 4.69) is 15.3 Å². The van der Waals surface area contributed by atoms with Gasteiger partial charge < -0.3 is 33.9 Å². The van der Waals surface area contributed by atoms with Gasteiger partial charge in [0.15, 0.2) is 12.2 Å². The highest BCUT2D eigenvalue weighted by Gasteiger charge is 2.62. The van der Waals surface area contributed by atoms with Crippen LogP contribution in [0, 0.1) is 23.2 Å². The summed E-state index contributed by atoms with van der Waals surface area (Å²) >= 11 is 0. The number of carbonyl (C=O) groups excluding carboxylic acids is 4. The third-order valence-corrected chi connectivity index (χ3v) is 9.17. The Morgan fingerprint density at radius 3 is 2.04 bits per heavy atom. The zero-order valence-corrected chi connectivity index (χ0v) is 28.3. The number of methoxy groups -OCH3 is 2. The van der Waals surface area contributed by atoms with Gasteiger partial charge in [0.2, 0.25) is 5.60 Å². The van der Waals surface area contributed by atoms with Crippen molar-refractivity contribution in [2.75, 3.05) is 26.6 Å². The van der Waals surface area contributed by atoms with Crippen molar-refractivity contribution < 1.29 is 52.0 Å². The van der Waals surface area contributed by atoms with Crippen LogP contribution >= 0.6 is 7.67 Å². The first-order valence-electron chi connectivity index (χ1n) is 14.7. The second-order valence-corrected chi connectivity index (χ2v) is 13.4. The molecule has 1 aliphatic heterocycles. The number of hydrogen-bond acceptors (Lipinski definition) is 14. The van der Waals surface area contributed by atoms with Crippen molar-refractivity contribution in [1.29, 1.82) is 5.26 Å². The zero-order valence-electron chi connectivity index (χ0n) is 27.4. The minimum atomic E-state index is -4.46. The molecule has 258 valence electrons. The molecule has 18 heteroatoms. The number of nitrogen functional groups attached to an aromatic ring is 1. The van der Waals surface area contributed by atoms with Crippen LogP contribution in [-0.2, 0) is 52.0 Å². The summed E-state index contributed by atoms with van der Waals surface area (Å²) in [6.07, 6.45) is -2.91. The SMILES string of the molecule is COC(=O)[C@H](C)NP(=O)(N[C@@H](C)C(=O)OC)OC[C@@]1(C#N)O[C@@H](c2ccc3c(N)ccnn23)[C@H](OC(=O)C(C)C)[C@@H]1OC(=O)C(C)C. The van der Waals surface area contributed by atoms with Crippen molar-refractivity contribution in [3.63, 3.8) is 0 Å². The molecular formula is C29H41N6O11P. The zero-order chi connectivity index (χ0) is 35.3. The monoisotopic (exact) mass is 680 g/mol. The molecule has 0 saturated carbocycles. The molecule has 0 unspecified atom stereocenters. The van der Waals surface area contributed by atoms with E-state index >= 15 is 0 Å². The van der Waals surface area contributed by atoms with E-state index in [9.17, 15) is 29.0 Å². The minimum absolute atomic E-state index is 0.287. The van der Waals surface area contributed by atoms with E-state index in [1.807, 2.05) is 6.07 Å². The molecule has 3 rings (SSSR count). The highest BCUT2D eigenvalue weighted by Crippen LogP contribution is 2.48. The lowest BCUT2D eigenvalue weighted by atomic mass is 9.95. The van der Waals surface area contributed by atoms with Gasteiger partial charge in [0.25, 0.3) is 0 Å². The van der Waals surface area contributed by atoms with Crippen molar-refractivity contribution in [1.82, 2.24) is 19.8 Å². The Balaban J connectivity index is 2.16. The van der Waals surface area contributed by atoms with Crippen molar-refractivity contribution in [3.05, 3.63) is 30.1 Å². The van der Waals surface area contributed by atoms with Crippen LogP contribution in [-0.4, -0.2) is 84.2 Å². The molecule has 3 heterocycles. The van der Waals surface area contributed by atoms with Crippen LogP contribution in [0.1, 0.15) is 53.3 Å². The summed E-state index contributed by atoms with van der Waals surface area (Å²) in [5.74, 6) is -4.39. The number of rotatable bonds is 14. The summed E-state index contributed by atoms with van der Waals surface area (Å²) < 4.78 is 48.7. The molecule has 0 aliphatic carbocycles. The fraction of sp³-hybridized carbons (Fsp3) is 0.586. The Kier molecular flexibility index (Phi) is 12.1. The number of carbonyl (C=O) groups is 4. The average Bonchev–Trinajstić information content (AvgIpc) is 3.59. The lowest BCUT2D eigenvalue weighted by Gasteiger charge is -2.32. The topological polar surface area (TPSA) is 232 Å². The molecule has 0 spiro atoms. The first kappa shape index (κ1) is 37.4. The van der Waals surface area contributed by atoms with E-state index in [-0.39, 0.29) is 5.69 Å². The normalized spacial score (nSPS) is 22.4. The first-order valence-corrected chi connectivity index (χ1v) is 16.3. The van der Waals surface area contributed by atoms with Gasteiger partial charge >= 0.3 is 31.5 Å². The summed E-state index contributed by atoms with van der Waals surface area (Å²) in [7, 11) is -2.22. The number of esters is 4. The lowest BCUT2D eigenvalue weighted by Crippen LogP contribution is -2.51. The number of ether oxygens (including phenoxy) is 5. The predicted octanol–water partition coefficient (Wildman–Crippen LogP) is 1.81. The molecular weight excluding hydrogens is 639 g/mol. The summed E-state index contributed by atoms with van der Waals surface area (Å²) in [5, 5.41) is 20.0. The van der Waals surface area contributed by atoms with Crippen molar-refractivity contribution in [3.8, 4) is 6.07 Å². The second-order valence-electron chi connectivity index (χ2n) is 11.5. The van der Waals surface area contributed by atoms with E-state index in [4.69, 9.17) is 33.9 Å². The largest absolute Gasteiger partial charge is 0.468 e. The van der Waals surface area contributed by atoms with Crippen LogP contribution in [0.3, 0.4) is 0 Å². The second kappa shape index (κ2) is 15.2. The number of nitriles is 1. The molecule has 1 saturated heterocycles. The number of anilines is 1. The maximum absolute atomic E-state index is 14.2. The Morgan fingerprint density at radius 1 is 0.979 bits per heavy atom. The Morgan fingerprint density at radius 2 is 1.53 bits per heavy atom. The molecule has 6 atom stereocenters. The number of nitrogens with zero attached hydrogens (tertiary/aromatic N) is 3. The van der Waals surface area contributed by atoms with E-state index in [1.165, 1.54) is 24.6 Å². The molecule has 17 nitrogen and oxygen atoms in total. The Hall–Kier alpha value is -4.07. The average molecular weight is 681 g/mol. The van der Waals surface area contributed by atoms with Crippen LogP contribution in [0.15, 0.2) is 24.4 Å². The predicted molar refractivity (Wildman–Crippen MR) is 164 cm³/mol. The lowest BCUT2D eigenvalue weighted by molar-refractivity contribution is -0.173. The third-order valence-electron chi connectivity index (χ3n) is 7.23. The van der Waals surface area contributed by atoms with Crippen molar-refractivity contribution in [2.24, 2.45) is 11.8 Å². The van der Waals surface area contributed by atoms with Gasteiger partial charge in [-0.05, 0) is 32.0 Å². The Bertz CT molecular complexity index is 1550. The number of fused-ring (bicyclic) bond motifs is 1. The highest BCUT2D eigenvalue weighted by molar-refractivity contribution is 7.54. The van der Waals surface area contributed by atoms with Crippen molar-refractivity contribution >= 4 is 42.8 Å². The third kappa shape index (κ3) is 8.27. The van der Waals surface area contributed by atoms with E-state index in [0.717, 1.165) is 14.2 Å². The van der Waals surface area contributed by atoms with Crippen LogP contribution < -0.4 is 15.9 Å². The van der Waals surface area contributed by atoms with Crippen LogP contribution in [0.4, 0.5) is 5.69 Å². The molecule has 4 N–H and O–H groups in total. The summed E-state index contributed by atoms with van der Waals surface area (Å²) in [5.41, 5.74) is 4.99. The summed E-state index contributed by atoms with van der Waals surface area (Å²) in [6.45, 7) is 8.09. The standard InChI is InChI=1S/C29H41N6O11P/c1-15(2)25(36)44-23-22(21-10-9-20-19(31)11-12-32-35(20)21)46-29(13-30,24(23)45-26(37)16(3)4)14-43-47(40,33-17(5)27(38)41-7)34-18(6)28(39)42-8/h9-12,15-18,22-24H,14,31H2,1-8H3,(H2,33,34,40)/t17-,18-,22-,23-,24-,29+/m0/s1.